The van der Waals surface area contributed by atoms with Crippen LogP contribution in [0.4, 0.5) is 0 Å². The molecule has 0 bridgehead atoms. The number of aromatic nitrogens is 8. The number of imidazole rings is 1. The number of nitrogens with zero attached hydrogens (tertiary/aromatic N) is 9. The maximum atomic E-state index is 12.0. The summed E-state index contributed by atoms with van der Waals surface area (Å²) in [6.07, 6.45) is 12.2. The molecule has 7 aromatic heterocycles. The number of carbonyl (C=O) groups excluding carboxylic acids is 2. The van der Waals surface area contributed by atoms with Gasteiger partial charge in [-0.1, -0.05) is 75.4 Å². The Balaban J connectivity index is 0.000000126. The summed E-state index contributed by atoms with van der Waals surface area (Å²) < 4.78 is 26.7. The van der Waals surface area contributed by atoms with Crippen molar-refractivity contribution in [3.05, 3.63) is 280 Å². The van der Waals surface area contributed by atoms with Crippen LogP contribution in [-0.4, -0.2) is 83.1 Å². The predicted molar refractivity (Wildman–Crippen MR) is 404 cm³/mol. The smallest absolute Gasteiger partial charge is 0.248 e. The molecule has 0 unspecified atom stereocenters. The number of nitrogens with one attached hydrogen (secondary N) is 1. The van der Waals surface area contributed by atoms with Crippen molar-refractivity contribution >= 4 is 56.3 Å². The van der Waals surface area contributed by atoms with E-state index in [0.29, 0.717) is 42.8 Å². The molecule has 11 heterocycles. The van der Waals surface area contributed by atoms with Gasteiger partial charge in [0.05, 0.1) is 74.7 Å². The molecule has 0 saturated carbocycles. The highest BCUT2D eigenvalue weighted by Crippen LogP contribution is 2.36. The fourth-order valence-corrected chi connectivity index (χ4v) is 11.0. The highest BCUT2D eigenvalue weighted by Gasteiger charge is 2.24. The van der Waals surface area contributed by atoms with Crippen molar-refractivity contribution in [2.75, 3.05) is 20.1 Å². The van der Waals surface area contributed by atoms with Gasteiger partial charge in [0.2, 0.25) is 19.5 Å². The van der Waals surface area contributed by atoms with Crippen LogP contribution >= 0.6 is 0 Å². The number of rotatable bonds is 9. The summed E-state index contributed by atoms with van der Waals surface area (Å²) in [5.41, 5.74) is 27.7. The fourth-order valence-electron chi connectivity index (χ4n) is 11.0. The van der Waals surface area contributed by atoms with E-state index in [1.807, 2.05) is 175 Å². The molecule has 3 N–H and O–H groups in total. The number of H-pyrrole nitrogens is 1. The molecule has 18 heteroatoms. The zero-order chi connectivity index (χ0) is 72.0. The molecular formula is C84H81N11O7. The quantitative estimate of drug-likeness (QED) is 0.128. The number of ether oxygens (including phenoxy) is 5. The van der Waals surface area contributed by atoms with Gasteiger partial charge in [-0.2, -0.15) is 0 Å². The van der Waals surface area contributed by atoms with Gasteiger partial charge >= 0.3 is 0 Å². The second-order valence-corrected chi connectivity index (χ2v) is 25.8. The Hall–Kier alpha value is -12.3. The predicted octanol–water partition coefficient (Wildman–Crippen LogP) is 18.0. The summed E-state index contributed by atoms with van der Waals surface area (Å²) in [6.45, 7) is 25.8. The highest BCUT2D eigenvalue weighted by molar-refractivity contribution is 6.32. The van der Waals surface area contributed by atoms with Gasteiger partial charge in [0.25, 0.3) is 0 Å². The zero-order valence-corrected chi connectivity index (χ0v) is 59.4. The number of benzene rings is 5. The van der Waals surface area contributed by atoms with Crippen LogP contribution in [0, 0.1) is 60.8 Å². The normalized spacial score (nSPS) is 12.8. The van der Waals surface area contributed by atoms with Crippen LogP contribution in [0.3, 0.4) is 0 Å². The van der Waals surface area contributed by atoms with E-state index in [4.69, 9.17) is 34.4 Å². The number of primary amides is 1. The third kappa shape index (κ3) is 17.9. The Morgan fingerprint density at radius 3 is 1.79 bits per heavy atom. The minimum atomic E-state index is -0.440. The van der Waals surface area contributed by atoms with Crippen molar-refractivity contribution in [3.63, 3.8) is 0 Å². The topological polar surface area (TPSA) is 237 Å². The van der Waals surface area contributed by atoms with Crippen molar-refractivity contribution in [2.45, 2.75) is 89.5 Å². The van der Waals surface area contributed by atoms with Crippen LogP contribution in [0.1, 0.15) is 117 Å². The molecule has 0 radical (unpaired) electrons. The summed E-state index contributed by atoms with van der Waals surface area (Å²) >= 11 is 0. The molecule has 0 atom stereocenters. The van der Waals surface area contributed by atoms with Crippen molar-refractivity contribution in [1.82, 2.24) is 39.9 Å². The van der Waals surface area contributed by atoms with Gasteiger partial charge in [0.1, 0.15) is 17.3 Å². The largest absolute Gasteiger partial charge is 0.456 e. The fraction of sp³-hybridized carbons (Fsp3) is 0.202. The number of nitrogens with two attached hydrogens (primary N) is 1. The second kappa shape index (κ2) is 32.1. The van der Waals surface area contributed by atoms with Gasteiger partial charge in [0.15, 0.2) is 28.8 Å². The first-order valence-corrected chi connectivity index (χ1v) is 33.5. The molecule has 102 heavy (non-hydrogen) atoms. The molecule has 0 aliphatic carbocycles. The van der Waals surface area contributed by atoms with Crippen molar-refractivity contribution in [2.24, 2.45) is 21.1 Å². The van der Waals surface area contributed by atoms with Gasteiger partial charge < -0.3 is 34.4 Å². The molecule has 12 aromatic rings. The second-order valence-electron chi connectivity index (χ2n) is 25.8. The molecular weight excluding hydrogens is 1270 g/mol. The number of hydrogen-bond acceptors (Lipinski definition) is 16. The Bertz CT molecular complexity index is 5130. The SMILES string of the molecule is CC(=O)c1cc(C)c(C)cc1Oc1ccnc2cc(C)c(C)cc12.Cc1ccc2c(c1)OCO2.Cc1ccc2c(c1)OCO2.Cc1cccc(C2=CCC(C(C)(C)C)=N2)n1.Cc1cccc(C2=NCC=C2c2ccc3ncccc3n2)n1.NC(=O)c1ccc(-c2ncc(-c3ccccn3)[nH]2)cc1. The Labute approximate surface area is 594 Å². The number of carbonyl (C=O) groups is 2. The molecule has 514 valence electrons. The molecule has 18 nitrogen and oxygen atoms in total. The number of pyridine rings is 6. The number of amides is 1. The van der Waals surface area contributed by atoms with Crippen molar-refractivity contribution in [3.8, 4) is 57.3 Å². The first-order chi connectivity index (χ1) is 49.1. The van der Waals surface area contributed by atoms with Gasteiger partial charge in [-0.05, 0) is 223 Å². The Morgan fingerprint density at radius 2 is 1.15 bits per heavy atom. The molecule has 0 saturated heterocycles. The minimum absolute atomic E-state index is 0.00140. The molecule has 1 amide bonds. The summed E-state index contributed by atoms with van der Waals surface area (Å²) in [7, 11) is 0. The lowest BCUT2D eigenvalue weighted by molar-refractivity contribution is 0.0995. The van der Waals surface area contributed by atoms with Crippen LogP contribution in [0.2, 0.25) is 0 Å². The maximum Gasteiger partial charge on any atom is 0.248 e. The zero-order valence-electron chi connectivity index (χ0n) is 59.4. The van der Waals surface area contributed by atoms with Crippen LogP contribution in [0.25, 0.3) is 56.0 Å². The van der Waals surface area contributed by atoms with Crippen LogP contribution in [0.15, 0.2) is 217 Å². The summed E-state index contributed by atoms with van der Waals surface area (Å²) in [6, 6.07) is 54.2. The van der Waals surface area contributed by atoms with Crippen molar-refractivity contribution < 1.29 is 33.3 Å². The first-order valence-electron chi connectivity index (χ1n) is 33.5. The average Bonchev–Trinajstić information content (AvgIpc) is 0.991. The van der Waals surface area contributed by atoms with Gasteiger partial charge in [-0.25, -0.2) is 9.97 Å². The van der Waals surface area contributed by atoms with E-state index in [-0.39, 0.29) is 11.2 Å². The standard InChI is InChI=1S/C21H21NO2.C18H14N4.C15H12N4O.C14H18N2.2C8H8O2/c1-12-8-17(16(5)23)21(11-15(12)4)24-20-6-7-22-19-10-14(3)13(2)9-18(19)20;1-12-4-2-5-17(21-12)18-13(9-11-20-18)14-7-8-15-16(22-14)6-3-10-19-15;16-14(20)10-4-6-11(7-5-10)15-18-9-13(19-15)12-3-1-2-8-17-12;1-10-6-5-7-11(15-10)12-8-9-13(16-12)14(2,3)4;2*1-6-2-3-7-8(4-6)10-5-9-7/h6-11H,1-5H3;2-10H,11H2,1H3;1-9H,(H2,16,20)(H,18,19);5-8H,9H2,1-4H3;2*2-4H,5H2,1H3. The van der Waals surface area contributed by atoms with Crippen molar-refractivity contribution in [1.29, 1.82) is 0 Å². The number of allylic oxidation sites excluding steroid dienone is 2. The molecule has 5 aromatic carbocycles. The molecule has 4 aliphatic heterocycles. The molecule has 4 aliphatic rings. The third-order valence-corrected chi connectivity index (χ3v) is 17.0. The van der Waals surface area contributed by atoms with E-state index in [1.54, 1.807) is 56.0 Å². The minimum Gasteiger partial charge on any atom is -0.456 e. The average molecular weight is 1360 g/mol. The lowest BCUT2D eigenvalue weighted by Gasteiger charge is -2.17. The number of aromatic amines is 1. The number of aryl methyl sites for hydroxylation is 8. The number of hydrogen-bond donors (Lipinski definition) is 2. The Kier molecular flexibility index (Phi) is 22.4. The Morgan fingerprint density at radius 1 is 0.520 bits per heavy atom. The molecule has 0 fully saturated rings. The summed E-state index contributed by atoms with van der Waals surface area (Å²) in [4.78, 5) is 66.6. The molecule has 0 spiro atoms. The maximum absolute atomic E-state index is 12.0. The third-order valence-electron chi connectivity index (χ3n) is 17.0. The highest BCUT2D eigenvalue weighted by atomic mass is 16.7. The molecule has 16 rings (SSSR count). The summed E-state index contributed by atoms with van der Waals surface area (Å²) in [5.74, 6) is 5.02. The van der Waals surface area contributed by atoms with E-state index in [1.165, 1.54) is 28.0 Å². The van der Waals surface area contributed by atoms with Crippen LogP contribution < -0.4 is 29.4 Å². The van der Waals surface area contributed by atoms with Gasteiger partial charge in [-0.15, -0.1) is 0 Å². The van der Waals surface area contributed by atoms with E-state index < -0.39 is 5.91 Å². The number of ketones is 1. The lowest BCUT2D eigenvalue weighted by Crippen LogP contribution is -2.17. The van der Waals surface area contributed by atoms with Crippen LogP contribution in [-0.2, 0) is 0 Å². The number of fused-ring (bicyclic) bond motifs is 4. The van der Waals surface area contributed by atoms with Gasteiger partial charge in [-0.3, -0.25) is 44.5 Å². The van der Waals surface area contributed by atoms with E-state index >= 15 is 0 Å². The van der Waals surface area contributed by atoms with E-state index in [9.17, 15) is 9.59 Å². The van der Waals surface area contributed by atoms with E-state index in [0.717, 1.165) is 131 Å². The van der Waals surface area contributed by atoms with E-state index in [2.05, 4.69) is 104 Å². The summed E-state index contributed by atoms with van der Waals surface area (Å²) in [5, 5.41) is 0.952. The monoisotopic (exact) mass is 1360 g/mol. The lowest BCUT2D eigenvalue weighted by atomic mass is 9.89. The van der Waals surface area contributed by atoms with Crippen LogP contribution in [0.5, 0.6) is 34.5 Å². The number of aliphatic imine (C=N–C) groups is 2. The number of Topliss-reactive ketones (excluding diaryl/α,β-unsaturated/α-hetero) is 1. The van der Waals surface area contributed by atoms with Gasteiger partial charge in [0, 0.05) is 69.6 Å². The first kappa shape index (κ1) is 71.0.